The highest BCUT2D eigenvalue weighted by Gasteiger charge is 2.32. The Morgan fingerprint density at radius 2 is 1.80 bits per heavy atom. The van der Waals surface area contributed by atoms with Gasteiger partial charge in [0.2, 0.25) is 0 Å². The van der Waals surface area contributed by atoms with Crippen molar-refractivity contribution in [3.63, 3.8) is 0 Å². The molecule has 30 heavy (non-hydrogen) atoms. The standard InChI is InChI=1S/C23H20N2O5/c1-14(26)16-6-8-19(9-7-16)25-22(27)18(13-24)11-15-3-10-20(21(12-15)29-2)30-23(28)17-4-5-17/h3,6-12,17H,4-5H2,1-2H3,(H,25,27)/b18-11+. The van der Waals surface area contributed by atoms with Crippen LogP contribution in [0.4, 0.5) is 5.69 Å². The van der Waals surface area contributed by atoms with E-state index in [1.807, 2.05) is 6.07 Å². The van der Waals surface area contributed by atoms with Crippen LogP contribution >= 0.6 is 0 Å². The average molecular weight is 404 g/mol. The van der Waals surface area contributed by atoms with Crippen molar-refractivity contribution in [3.8, 4) is 17.6 Å². The summed E-state index contributed by atoms with van der Waals surface area (Å²) in [5, 5.41) is 12.0. The van der Waals surface area contributed by atoms with Crippen LogP contribution in [0, 0.1) is 17.2 Å². The van der Waals surface area contributed by atoms with Gasteiger partial charge in [-0.2, -0.15) is 5.26 Å². The Labute approximate surface area is 173 Å². The van der Waals surface area contributed by atoms with E-state index < -0.39 is 5.91 Å². The minimum Gasteiger partial charge on any atom is -0.493 e. The highest BCUT2D eigenvalue weighted by Crippen LogP contribution is 2.34. The fourth-order valence-electron chi connectivity index (χ4n) is 2.67. The second kappa shape index (κ2) is 9.05. The van der Waals surface area contributed by atoms with Crippen LogP contribution in [0.25, 0.3) is 6.08 Å². The van der Waals surface area contributed by atoms with Gasteiger partial charge in [-0.05, 0) is 67.8 Å². The van der Waals surface area contributed by atoms with Crippen molar-refractivity contribution in [2.24, 2.45) is 5.92 Å². The molecule has 1 saturated carbocycles. The number of amides is 1. The molecule has 3 rings (SSSR count). The first-order chi connectivity index (χ1) is 14.4. The third-order valence-corrected chi connectivity index (χ3v) is 4.53. The molecule has 7 heteroatoms. The number of ether oxygens (including phenoxy) is 2. The van der Waals surface area contributed by atoms with E-state index in [2.05, 4.69) is 5.32 Å². The summed E-state index contributed by atoms with van der Waals surface area (Å²) in [6.45, 7) is 1.45. The second-order valence-corrected chi connectivity index (χ2v) is 6.86. The average Bonchev–Trinajstić information content (AvgIpc) is 3.58. The Balaban J connectivity index is 1.75. The van der Waals surface area contributed by atoms with E-state index >= 15 is 0 Å². The maximum absolute atomic E-state index is 12.4. The molecule has 1 fully saturated rings. The number of carbonyl (C=O) groups is 3. The molecule has 0 radical (unpaired) electrons. The lowest BCUT2D eigenvalue weighted by Crippen LogP contribution is -2.13. The first-order valence-electron chi connectivity index (χ1n) is 9.35. The molecule has 0 spiro atoms. The molecule has 0 unspecified atom stereocenters. The number of esters is 1. The van der Waals surface area contributed by atoms with Gasteiger partial charge in [0, 0.05) is 11.3 Å². The molecule has 0 heterocycles. The number of nitriles is 1. The Morgan fingerprint density at radius 1 is 1.10 bits per heavy atom. The highest BCUT2D eigenvalue weighted by atomic mass is 16.6. The van der Waals surface area contributed by atoms with Crippen LogP contribution in [-0.4, -0.2) is 24.8 Å². The van der Waals surface area contributed by atoms with Gasteiger partial charge >= 0.3 is 5.97 Å². The summed E-state index contributed by atoms with van der Waals surface area (Å²) in [4.78, 5) is 35.6. The molecule has 7 nitrogen and oxygen atoms in total. The highest BCUT2D eigenvalue weighted by molar-refractivity contribution is 6.09. The fourth-order valence-corrected chi connectivity index (χ4v) is 2.67. The molecule has 1 aliphatic rings. The normalized spacial score (nSPS) is 13.2. The Bertz CT molecular complexity index is 1060. The lowest BCUT2D eigenvalue weighted by molar-refractivity contribution is -0.135. The number of Topliss-reactive ketones (excluding diaryl/α,β-unsaturated/α-hetero) is 1. The van der Waals surface area contributed by atoms with E-state index in [0.717, 1.165) is 12.8 Å². The molecular weight excluding hydrogens is 384 g/mol. The summed E-state index contributed by atoms with van der Waals surface area (Å²) in [5.74, 6) is -0.380. The van der Waals surface area contributed by atoms with Gasteiger partial charge in [-0.25, -0.2) is 0 Å². The zero-order valence-electron chi connectivity index (χ0n) is 16.6. The van der Waals surface area contributed by atoms with E-state index in [1.54, 1.807) is 42.5 Å². The largest absolute Gasteiger partial charge is 0.493 e. The number of carbonyl (C=O) groups excluding carboxylic acids is 3. The predicted molar refractivity (Wildman–Crippen MR) is 110 cm³/mol. The van der Waals surface area contributed by atoms with Crippen molar-refractivity contribution in [3.05, 3.63) is 59.2 Å². The van der Waals surface area contributed by atoms with E-state index in [1.165, 1.54) is 20.1 Å². The van der Waals surface area contributed by atoms with E-state index in [0.29, 0.717) is 28.3 Å². The summed E-state index contributed by atoms with van der Waals surface area (Å²) in [6.07, 6.45) is 3.08. The topological polar surface area (TPSA) is 105 Å². The van der Waals surface area contributed by atoms with Crippen molar-refractivity contribution in [2.45, 2.75) is 19.8 Å². The number of anilines is 1. The lowest BCUT2D eigenvalue weighted by Gasteiger charge is -2.10. The van der Waals surface area contributed by atoms with Crippen LogP contribution in [-0.2, 0) is 9.59 Å². The number of hydrogen-bond acceptors (Lipinski definition) is 6. The summed E-state index contributed by atoms with van der Waals surface area (Å²) >= 11 is 0. The van der Waals surface area contributed by atoms with Crippen LogP contribution in [0.3, 0.4) is 0 Å². The summed E-state index contributed by atoms with van der Waals surface area (Å²) < 4.78 is 10.6. The molecule has 1 aliphatic carbocycles. The minimum absolute atomic E-state index is 0.0484. The fraction of sp³-hybridized carbons (Fsp3) is 0.217. The molecule has 0 atom stereocenters. The molecule has 0 bridgehead atoms. The molecule has 0 aromatic heterocycles. The van der Waals surface area contributed by atoms with Gasteiger partial charge < -0.3 is 14.8 Å². The van der Waals surface area contributed by atoms with Crippen molar-refractivity contribution in [1.29, 1.82) is 5.26 Å². The summed E-state index contributed by atoms with van der Waals surface area (Å²) in [5.41, 5.74) is 1.41. The molecule has 0 aliphatic heterocycles. The summed E-state index contributed by atoms with van der Waals surface area (Å²) in [7, 11) is 1.44. The molecule has 2 aromatic carbocycles. The van der Waals surface area contributed by atoms with Crippen molar-refractivity contribution < 1.29 is 23.9 Å². The van der Waals surface area contributed by atoms with Crippen molar-refractivity contribution >= 4 is 29.4 Å². The Kier molecular flexibility index (Phi) is 6.28. The van der Waals surface area contributed by atoms with E-state index in [-0.39, 0.29) is 23.2 Å². The van der Waals surface area contributed by atoms with E-state index in [4.69, 9.17) is 9.47 Å². The predicted octanol–water partition coefficient (Wildman–Crippen LogP) is 3.76. The number of benzene rings is 2. The van der Waals surface area contributed by atoms with Gasteiger partial charge in [-0.1, -0.05) is 6.07 Å². The Hall–Kier alpha value is -3.92. The molecule has 1 amide bonds. The number of rotatable bonds is 7. The molecule has 152 valence electrons. The van der Waals surface area contributed by atoms with Gasteiger partial charge in [-0.3, -0.25) is 14.4 Å². The van der Waals surface area contributed by atoms with Crippen molar-refractivity contribution in [2.75, 3.05) is 12.4 Å². The van der Waals surface area contributed by atoms with Crippen LogP contribution in [0.1, 0.15) is 35.7 Å². The molecule has 0 saturated heterocycles. The number of ketones is 1. The first kappa shape index (κ1) is 20.8. The van der Waals surface area contributed by atoms with Gasteiger partial charge in [0.1, 0.15) is 11.6 Å². The van der Waals surface area contributed by atoms with Gasteiger partial charge in [0.15, 0.2) is 17.3 Å². The zero-order chi connectivity index (χ0) is 21.7. The van der Waals surface area contributed by atoms with Crippen LogP contribution in [0.2, 0.25) is 0 Å². The quantitative estimate of drug-likeness (QED) is 0.248. The zero-order valence-corrected chi connectivity index (χ0v) is 16.6. The van der Waals surface area contributed by atoms with Crippen molar-refractivity contribution in [1.82, 2.24) is 0 Å². The third-order valence-electron chi connectivity index (χ3n) is 4.53. The van der Waals surface area contributed by atoms with E-state index in [9.17, 15) is 19.6 Å². The van der Waals surface area contributed by atoms with Crippen LogP contribution in [0.5, 0.6) is 11.5 Å². The SMILES string of the molecule is COc1cc(/C=C(\C#N)C(=O)Nc2ccc(C(C)=O)cc2)ccc1OC(=O)C1CC1. The molecule has 1 N–H and O–H groups in total. The third kappa shape index (κ3) is 5.11. The smallest absolute Gasteiger partial charge is 0.314 e. The lowest BCUT2D eigenvalue weighted by atomic mass is 10.1. The minimum atomic E-state index is -0.587. The maximum Gasteiger partial charge on any atom is 0.314 e. The van der Waals surface area contributed by atoms with Crippen LogP contribution < -0.4 is 14.8 Å². The number of methoxy groups -OCH3 is 1. The number of nitrogens with one attached hydrogen (secondary N) is 1. The monoisotopic (exact) mass is 404 g/mol. The molecular formula is C23H20N2O5. The second-order valence-electron chi connectivity index (χ2n) is 6.86. The van der Waals surface area contributed by atoms with Gasteiger partial charge in [-0.15, -0.1) is 0 Å². The number of hydrogen-bond donors (Lipinski definition) is 1. The summed E-state index contributed by atoms with van der Waals surface area (Å²) in [6, 6.07) is 13.0. The Morgan fingerprint density at radius 3 is 2.37 bits per heavy atom. The first-order valence-corrected chi connectivity index (χ1v) is 9.35. The van der Waals surface area contributed by atoms with Crippen LogP contribution in [0.15, 0.2) is 48.0 Å². The van der Waals surface area contributed by atoms with Gasteiger partial charge in [0.25, 0.3) is 5.91 Å². The van der Waals surface area contributed by atoms with Gasteiger partial charge in [0.05, 0.1) is 13.0 Å². The number of nitrogens with zero attached hydrogens (tertiary/aromatic N) is 1. The molecule has 2 aromatic rings. The maximum atomic E-state index is 12.4.